The number of para-hydroxylation sites is 1. The predicted octanol–water partition coefficient (Wildman–Crippen LogP) is 3.94. The average molecular weight is 425 g/mol. The fraction of sp³-hybridized carbons (Fsp3) is 0.200. The molecule has 0 aliphatic heterocycles. The second-order valence-corrected chi connectivity index (χ2v) is 6.49. The molecule has 2 N–H and O–H groups in total. The summed E-state index contributed by atoms with van der Waals surface area (Å²) in [7, 11) is 0. The number of aryl methyl sites for hydroxylation is 1. The number of nitrogens with one attached hydrogen (secondary N) is 1. The van der Waals surface area contributed by atoms with Crippen molar-refractivity contribution >= 4 is 5.91 Å². The van der Waals surface area contributed by atoms with Gasteiger partial charge < -0.3 is 10.4 Å². The molecule has 1 unspecified atom stereocenters. The molecule has 1 atom stereocenters. The molecule has 0 aliphatic rings. The molecule has 5 nitrogen and oxygen atoms in total. The maximum absolute atomic E-state index is 13.7. The number of hydrogen-bond acceptors (Lipinski definition) is 3. The Balaban J connectivity index is 1.87. The molecule has 0 saturated heterocycles. The number of halogens is 5. The van der Waals surface area contributed by atoms with E-state index in [-0.39, 0.29) is 11.3 Å². The van der Waals surface area contributed by atoms with Crippen molar-refractivity contribution in [3.05, 3.63) is 82.7 Å². The third-order valence-electron chi connectivity index (χ3n) is 4.40. The number of rotatable bonds is 5. The number of hydrogen-bond donors (Lipinski definition) is 2. The van der Waals surface area contributed by atoms with Gasteiger partial charge in [0.2, 0.25) is 0 Å². The number of aliphatic hydroxyl groups is 1. The van der Waals surface area contributed by atoms with Gasteiger partial charge in [-0.15, -0.1) is 0 Å². The monoisotopic (exact) mass is 425 g/mol. The van der Waals surface area contributed by atoms with Crippen LogP contribution in [0.3, 0.4) is 0 Å². The molecule has 0 radical (unpaired) electrons. The number of carbonyl (C=O) groups is 1. The van der Waals surface area contributed by atoms with Gasteiger partial charge in [-0.2, -0.15) is 18.3 Å². The normalized spacial score (nSPS) is 12.6. The molecule has 1 aromatic heterocycles. The van der Waals surface area contributed by atoms with Crippen molar-refractivity contribution in [2.75, 3.05) is 6.54 Å². The minimum atomic E-state index is -4.90. The van der Waals surface area contributed by atoms with E-state index in [1.54, 1.807) is 19.1 Å². The maximum Gasteiger partial charge on any atom is 0.434 e. The van der Waals surface area contributed by atoms with Crippen LogP contribution < -0.4 is 5.32 Å². The molecule has 2 aromatic carbocycles. The Bertz CT molecular complexity index is 1080. The van der Waals surface area contributed by atoms with Crippen molar-refractivity contribution in [1.82, 2.24) is 15.1 Å². The lowest BCUT2D eigenvalue weighted by Gasteiger charge is -2.15. The smallest absolute Gasteiger partial charge is 0.386 e. The zero-order chi connectivity index (χ0) is 22.1. The van der Waals surface area contributed by atoms with Crippen LogP contribution in [0.25, 0.3) is 5.69 Å². The summed E-state index contributed by atoms with van der Waals surface area (Å²) in [6.45, 7) is 1.01. The lowest BCUT2D eigenvalue weighted by atomic mass is 10.1. The van der Waals surface area contributed by atoms with E-state index in [9.17, 15) is 31.9 Å². The molecule has 0 fully saturated rings. The van der Waals surface area contributed by atoms with Crippen LogP contribution in [0.1, 0.15) is 33.3 Å². The van der Waals surface area contributed by atoms with Crippen LogP contribution in [0.2, 0.25) is 0 Å². The average Bonchev–Trinajstić information content (AvgIpc) is 3.11. The Hall–Kier alpha value is -3.27. The molecule has 0 saturated carbocycles. The lowest BCUT2D eigenvalue weighted by molar-refractivity contribution is -0.143. The van der Waals surface area contributed by atoms with Gasteiger partial charge in [-0.25, -0.2) is 13.5 Å². The van der Waals surface area contributed by atoms with Gasteiger partial charge in [-0.05, 0) is 24.6 Å². The Morgan fingerprint density at radius 2 is 1.90 bits per heavy atom. The van der Waals surface area contributed by atoms with Gasteiger partial charge in [-0.1, -0.05) is 24.3 Å². The van der Waals surface area contributed by atoms with E-state index < -0.39 is 47.6 Å². The summed E-state index contributed by atoms with van der Waals surface area (Å²) < 4.78 is 68.4. The Kier molecular flexibility index (Phi) is 5.88. The largest absolute Gasteiger partial charge is 0.434 e. The molecule has 1 heterocycles. The quantitative estimate of drug-likeness (QED) is 0.609. The molecule has 0 bridgehead atoms. The molecule has 10 heteroatoms. The van der Waals surface area contributed by atoms with Gasteiger partial charge in [0.05, 0.1) is 23.6 Å². The van der Waals surface area contributed by atoms with Gasteiger partial charge in [-0.3, -0.25) is 4.79 Å². The fourth-order valence-electron chi connectivity index (χ4n) is 2.94. The third-order valence-corrected chi connectivity index (χ3v) is 4.40. The Labute approximate surface area is 167 Å². The summed E-state index contributed by atoms with van der Waals surface area (Å²) in [6, 6.07) is 8.67. The van der Waals surface area contributed by atoms with E-state index in [0.717, 1.165) is 18.3 Å². The first-order valence-electron chi connectivity index (χ1n) is 8.72. The highest BCUT2D eigenvalue weighted by molar-refractivity contribution is 5.95. The van der Waals surface area contributed by atoms with E-state index in [2.05, 4.69) is 10.4 Å². The minimum absolute atomic E-state index is 0.150. The summed E-state index contributed by atoms with van der Waals surface area (Å²) in [4.78, 5) is 12.4. The van der Waals surface area contributed by atoms with Gasteiger partial charge in [0, 0.05) is 18.2 Å². The van der Waals surface area contributed by atoms with Gasteiger partial charge in [0.1, 0.15) is 11.6 Å². The second-order valence-electron chi connectivity index (χ2n) is 6.49. The minimum Gasteiger partial charge on any atom is -0.386 e. The lowest BCUT2D eigenvalue weighted by Crippen LogP contribution is -2.30. The first-order chi connectivity index (χ1) is 14.1. The van der Waals surface area contributed by atoms with Crippen molar-refractivity contribution < 1.29 is 31.9 Å². The number of amides is 1. The van der Waals surface area contributed by atoms with E-state index in [1.165, 1.54) is 12.1 Å². The molecule has 1 amide bonds. The summed E-state index contributed by atoms with van der Waals surface area (Å²) >= 11 is 0. The third kappa shape index (κ3) is 4.33. The second kappa shape index (κ2) is 8.23. The Morgan fingerprint density at radius 1 is 1.20 bits per heavy atom. The maximum atomic E-state index is 13.7. The number of carbonyl (C=O) groups excluding carboxylic acids is 1. The first kappa shape index (κ1) is 21.4. The molecule has 0 spiro atoms. The van der Waals surface area contributed by atoms with Crippen LogP contribution in [0, 0.1) is 18.6 Å². The van der Waals surface area contributed by atoms with Gasteiger partial charge in [0.15, 0.2) is 5.69 Å². The van der Waals surface area contributed by atoms with Crippen molar-refractivity contribution in [1.29, 1.82) is 0 Å². The number of alkyl halides is 3. The van der Waals surface area contributed by atoms with E-state index in [1.807, 2.05) is 0 Å². The molecule has 3 aromatic rings. The number of benzene rings is 2. The summed E-state index contributed by atoms with van der Waals surface area (Å²) in [5, 5.41) is 15.9. The van der Waals surface area contributed by atoms with Crippen molar-refractivity contribution in [2.45, 2.75) is 19.2 Å². The summed E-state index contributed by atoms with van der Waals surface area (Å²) in [6.07, 6.45) is -5.71. The van der Waals surface area contributed by atoms with Crippen LogP contribution in [0.4, 0.5) is 22.0 Å². The van der Waals surface area contributed by atoms with Gasteiger partial charge >= 0.3 is 6.18 Å². The number of aliphatic hydroxyl groups excluding tert-OH is 1. The highest BCUT2D eigenvalue weighted by atomic mass is 19.4. The van der Waals surface area contributed by atoms with Crippen molar-refractivity contribution in [3.8, 4) is 5.69 Å². The number of aromatic nitrogens is 2. The van der Waals surface area contributed by atoms with Crippen LogP contribution in [-0.2, 0) is 6.18 Å². The zero-order valence-corrected chi connectivity index (χ0v) is 15.5. The van der Waals surface area contributed by atoms with E-state index in [0.29, 0.717) is 16.3 Å². The standard InChI is InChI=1S/C20H16F5N3O2/c1-11-4-2-3-5-16(11)28-18(20(23,24)25)14(9-27-28)19(30)26-10-17(29)13-7-6-12(21)8-15(13)22/h2-9,17,29H,10H2,1H3,(H,26,30). The van der Waals surface area contributed by atoms with Crippen LogP contribution in [0.15, 0.2) is 48.7 Å². The molecule has 0 aliphatic carbocycles. The summed E-state index contributed by atoms with van der Waals surface area (Å²) in [5.41, 5.74) is -1.67. The SMILES string of the molecule is Cc1ccccc1-n1ncc(C(=O)NCC(O)c2ccc(F)cc2F)c1C(F)(F)F. The number of nitrogens with zero attached hydrogens (tertiary/aromatic N) is 2. The van der Waals surface area contributed by atoms with Crippen LogP contribution in [0.5, 0.6) is 0 Å². The van der Waals surface area contributed by atoms with Crippen molar-refractivity contribution in [2.24, 2.45) is 0 Å². The van der Waals surface area contributed by atoms with E-state index >= 15 is 0 Å². The molecule has 30 heavy (non-hydrogen) atoms. The predicted molar refractivity (Wildman–Crippen MR) is 97.0 cm³/mol. The fourth-order valence-corrected chi connectivity index (χ4v) is 2.94. The van der Waals surface area contributed by atoms with E-state index in [4.69, 9.17) is 0 Å². The highest BCUT2D eigenvalue weighted by Gasteiger charge is 2.40. The van der Waals surface area contributed by atoms with Crippen molar-refractivity contribution in [3.63, 3.8) is 0 Å². The summed E-state index contributed by atoms with van der Waals surface area (Å²) in [5.74, 6) is -3.05. The zero-order valence-electron chi connectivity index (χ0n) is 15.5. The first-order valence-corrected chi connectivity index (χ1v) is 8.72. The molecular formula is C20H16F5N3O2. The molecule has 3 rings (SSSR count). The topological polar surface area (TPSA) is 67.2 Å². The Morgan fingerprint density at radius 3 is 2.53 bits per heavy atom. The molecule has 158 valence electrons. The van der Waals surface area contributed by atoms with Crippen LogP contribution in [-0.4, -0.2) is 27.3 Å². The molecular weight excluding hydrogens is 409 g/mol. The highest BCUT2D eigenvalue weighted by Crippen LogP contribution is 2.34. The van der Waals surface area contributed by atoms with Crippen LogP contribution >= 0.6 is 0 Å². The van der Waals surface area contributed by atoms with Gasteiger partial charge in [0.25, 0.3) is 5.91 Å².